The minimum Gasteiger partial charge on any atom is -0.232 e. The minimum absolute atomic E-state index is 0.0923. The first kappa shape index (κ1) is 7.45. The van der Waals surface area contributed by atoms with E-state index in [0.717, 1.165) is 0 Å². The maximum atomic E-state index is 10.6. The molecule has 0 bridgehead atoms. The summed E-state index contributed by atoms with van der Waals surface area (Å²) in [5, 5.41) is 18.6. The van der Waals surface area contributed by atoms with Gasteiger partial charge in [0.25, 0.3) is 0 Å². The van der Waals surface area contributed by atoms with Crippen molar-refractivity contribution in [1.29, 1.82) is 5.26 Å². The average molecular weight is 112 g/mol. The summed E-state index contributed by atoms with van der Waals surface area (Å²) in [6.07, 6.45) is -0.558. The smallest absolute Gasteiger partial charge is 0.108 e. The molecule has 0 saturated carbocycles. The molecule has 8 heavy (non-hydrogen) atoms. The van der Waals surface area contributed by atoms with Crippen LogP contribution < -0.4 is 0 Å². The van der Waals surface area contributed by atoms with Crippen LogP contribution in [0.25, 0.3) is 0 Å². The molecule has 0 amide bonds. The maximum absolute atomic E-state index is 10.6. The van der Waals surface area contributed by atoms with Crippen LogP contribution in [-0.4, -0.2) is 6.10 Å². The van der Waals surface area contributed by atoms with E-state index in [1.807, 2.05) is 19.9 Å². The summed E-state index contributed by atoms with van der Waals surface area (Å²) in [7, 11) is 0. The monoisotopic (exact) mass is 112 g/mol. The molecule has 0 rings (SSSR count). The van der Waals surface area contributed by atoms with Crippen molar-refractivity contribution in [1.82, 2.24) is 0 Å². The van der Waals surface area contributed by atoms with Crippen LogP contribution in [0.5, 0.6) is 0 Å². The SMILES string of the molecule is CC(C)C([O])CC#N. The first-order chi connectivity index (χ1) is 3.68. The molecule has 1 radical (unpaired) electrons. The molecule has 0 aromatic carbocycles. The van der Waals surface area contributed by atoms with E-state index in [1.54, 1.807) is 0 Å². The zero-order valence-corrected chi connectivity index (χ0v) is 5.22. The van der Waals surface area contributed by atoms with Gasteiger partial charge in [-0.2, -0.15) is 5.26 Å². The van der Waals surface area contributed by atoms with E-state index in [0.29, 0.717) is 0 Å². The van der Waals surface area contributed by atoms with Crippen LogP contribution in [0.1, 0.15) is 20.3 Å². The van der Waals surface area contributed by atoms with Gasteiger partial charge in [0.05, 0.1) is 12.5 Å². The highest BCUT2D eigenvalue weighted by Crippen LogP contribution is 2.03. The molecule has 0 aliphatic rings. The van der Waals surface area contributed by atoms with Crippen LogP contribution in [0.4, 0.5) is 0 Å². The molecule has 0 fully saturated rings. The Balaban J connectivity index is 3.35. The second kappa shape index (κ2) is 3.45. The van der Waals surface area contributed by atoms with Gasteiger partial charge >= 0.3 is 0 Å². The fourth-order valence-corrected chi connectivity index (χ4v) is 0.326. The number of nitrogens with zero attached hydrogens (tertiary/aromatic N) is 1. The van der Waals surface area contributed by atoms with Crippen molar-refractivity contribution in [3.63, 3.8) is 0 Å². The summed E-state index contributed by atoms with van der Waals surface area (Å²) in [4.78, 5) is 0. The van der Waals surface area contributed by atoms with Gasteiger partial charge in [-0.3, -0.25) is 0 Å². The third-order valence-corrected chi connectivity index (χ3v) is 1.04. The van der Waals surface area contributed by atoms with Crippen molar-refractivity contribution in [2.45, 2.75) is 26.4 Å². The van der Waals surface area contributed by atoms with Gasteiger partial charge in [-0.15, -0.1) is 0 Å². The molecule has 0 aliphatic carbocycles. The third kappa shape index (κ3) is 2.59. The van der Waals surface area contributed by atoms with Crippen molar-refractivity contribution < 1.29 is 5.11 Å². The first-order valence-corrected chi connectivity index (χ1v) is 2.71. The number of hydrogen-bond acceptors (Lipinski definition) is 1. The molecule has 2 nitrogen and oxygen atoms in total. The van der Waals surface area contributed by atoms with Gasteiger partial charge in [-0.05, 0) is 5.92 Å². The van der Waals surface area contributed by atoms with Crippen LogP contribution >= 0.6 is 0 Å². The molecule has 1 atom stereocenters. The summed E-state index contributed by atoms with van der Waals surface area (Å²) in [6.45, 7) is 3.66. The highest BCUT2D eigenvalue weighted by atomic mass is 16.3. The summed E-state index contributed by atoms with van der Waals surface area (Å²) in [6, 6.07) is 1.84. The van der Waals surface area contributed by atoms with Gasteiger partial charge in [-0.1, -0.05) is 13.8 Å². The van der Waals surface area contributed by atoms with Gasteiger partial charge in [0.2, 0.25) is 0 Å². The molecule has 0 heterocycles. The second-order valence-electron chi connectivity index (χ2n) is 2.14. The van der Waals surface area contributed by atoms with Gasteiger partial charge in [-0.25, -0.2) is 5.11 Å². The van der Waals surface area contributed by atoms with E-state index >= 15 is 0 Å². The zero-order valence-electron chi connectivity index (χ0n) is 5.22. The molecule has 2 heteroatoms. The van der Waals surface area contributed by atoms with Gasteiger partial charge < -0.3 is 0 Å². The summed E-state index contributed by atoms with van der Waals surface area (Å²) in [5.74, 6) is 0.0923. The fraction of sp³-hybridized carbons (Fsp3) is 0.833. The normalized spacial score (nSPS) is 13.4. The topological polar surface area (TPSA) is 43.7 Å². The van der Waals surface area contributed by atoms with Crippen molar-refractivity contribution in [2.24, 2.45) is 5.92 Å². The number of hydrogen-bond donors (Lipinski definition) is 0. The van der Waals surface area contributed by atoms with Crippen LogP contribution in [0.15, 0.2) is 0 Å². The lowest BCUT2D eigenvalue weighted by Crippen LogP contribution is -2.10. The Morgan fingerprint density at radius 1 is 1.62 bits per heavy atom. The molecule has 0 saturated heterocycles. The van der Waals surface area contributed by atoms with Crippen molar-refractivity contribution in [2.75, 3.05) is 0 Å². The van der Waals surface area contributed by atoms with Gasteiger partial charge in [0, 0.05) is 0 Å². The Morgan fingerprint density at radius 2 is 2.12 bits per heavy atom. The predicted molar refractivity (Wildman–Crippen MR) is 29.5 cm³/mol. The highest BCUT2D eigenvalue weighted by Gasteiger charge is 2.08. The number of nitriles is 1. The Kier molecular flexibility index (Phi) is 3.21. The Morgan fingerprint density at radius 3 is 2.25 bits per heavy atom. The van der Waals surface area contributed by atoms with Crippen LogP contribution in [-0.2, 0) is 5.11 Å². The van der Waals surface area contributed by atoms with Crippen molar-refractivity contribution in [3.8, 4) is 6.07 Å². The van der Waals surface area contributed by atoms with E-state index in [9.17, 15) is 5.11 Å². The fourth-order valence-electron chi connectivity index (χ4n) is 0.326. The lowest BCUT2D eigenvalue weighted by atomic mass is 10.1. The highest BCUT2D eigenvalue weighted by molar-refractivity contribution is 4.76. The standard InChI is InChI=1S/C6H10NO/c1-5(2)6(8)3-4-7/h5-6H,3H2,1-2H3. The summed E-state index contributed by atoms with van der Waals surface area (Å²) >= 11 is 0. The second-order valence-corrected chi connectivity index (χ2v) is 2.14. The molecule has 0 spiro atoms. The van der Waals surface area contributed by atoms with E-state index < -0.39 is 6.10 Å². The van der Waals surface area contributed by atoms with Crippen molar-refractivity contribution >= 4 is 0 Å². The minimum atomic E-state index is -0.694. The molecule has 0 aliphatic heterocycles. The average Bonchev–Trinajstić information content (AvgIpc) is 1.67. The zero-order chi connectivity index (χ0) is 6.57. The first-order valence-electron chi connectivity index (χ1n) is 2.71. The maximum Gasteiger partial charge on any atom is 0.108 e. The van der Waals surface area contributed by atoms with Gasteiger partial charge in [0.1, 0.15) is 6.10 Å². The van der Waals surface area contributed by atoms with Crippen LogP contribution in [0.3, 0.4) is 0 Å². The third-order valence-electron chi connectivity index (χ3n) is 1.04. The molecule has 0 aromatic rings. The quantitative estimate of drug-likeness (QED) is 0.531. The molecule has 0 N–H and O–H groups in total. The molecular weight excluding hydrogens is 102 g/mol. The largest absolute Gasteiger partial charge is 0.232 e. The predicted octanol–water partition coefficient (Wildman–Crippen LogP) is 1.36. The lowest BCUT2D eigenvalue weighted by Gasteiger charge is -2.05. The van der Waals surface area contributed by atoms with Crippen molar-refractivity contribution in [3.05, 3.63) is 0 Å². The van der Waals surface area contributed by atoms with E-state index in [2.05, 4.69) is 0 Å². The van der Waals surface area contributed by atoms with E-state index in [1.165, 1.54) is 0 Å². The Bertz CT molecular complexity index is 93.2. The Hall–Kier alpha value is -0.550. The molecule has 45 valence electrons. The molecular formula is C6H10NO. The van der Waals surface area contributed by atoms with E-state index in [4.69, 9.17) is 5.26 Å². The molecule has 0 aromatic heterocycles. The van der Waals surface area contributed by atoms with E-state index in [-0.39, 0.29) is 12.3 Å². The lowest BCUT2D eigenvalue weighted by molar-refractivity contribution is 0.0537. The summed E-state index contributed by atoms with van der Waals surface area (Å²) < 4.78 is 0. The van der Waals surface area contributed by atoms with Gasteiger partial charge in [0.15, 0.2) is 0 Å². The number of rotatable bonds is 2. The molecule has 1 unspecified atom stereocenters. The Labute approximate surface area is 49.8 Å². The van der Waals surface area contributed by atoms with Crippen LogP contribution in [0.2, 0.25) is 0 Å². The summed E-state index contributed by atoms with van der Waals surface area (Å²) in [5.41, 5.74) is 0. The van der Waals surface area contributed by atoms with Crippen LogP contribution in [0, 0.1) is 17.2 Å².